The number of halogens is 1. The molecule has 0 bridgehead atoms. The third kappa shape index (κ3) is 3.92. The van der Waals surface area contributed by atoms with Crippen molar-refractivity contribution in [1.29, 1.82) is 0 Å². The van der Waals surface area contributed by atoms with E-state index in [0.29, 0.717) is 18.6 Å². The Labute approximate surface area is 177 Å². The lowest BCUT2D eigenvalue weighted by Gasteiger charge is -2.28. The van der Waals surface area contributed by atoms with Crippen molar-refractivity contribution in [3.05, 3.63) is 70.2 Å². The predicted octanol–water partition coefficient (Wildman–Crippen LogP) is 4.31. The molecule has 7 heteroatoms. The van der Waals surface area contributed by atoms with Gasteiger partial charge in [0.15, 0.2) is 0 Å². The molecule has 2 amide bonds. The summed E-state index contributed by atoms with van der Waals surface area (Å²) < 4.78 is 6.44. The molecule has 0 aromatic heterocycles. The summed E-state index contributed by atoms with van der Waals surface area (Å²) in [6.07, 6.45) is -0.668. The minimum atomic E-state index is -0.844. The zero-order valence-electron chi connectivity index (χ0n) is 16.2. The Morgan fingerprint density at radius 2 is 1.97 bits per heavy atom. The first-order chi connectivity index (χ1) is 13.8. The molecule has 2 atom stereocenters. The second kappa shape index (κ2) is 7.63. The van der Waals surface area contributed by atoms with Crippen LogP contribution in [0.1, 0.15) is 31.4 Å². The normalized spacial score (nSPS) is 22.8. The monoisotopic (exact) mass is 456 g/mol. The van der Waals surface area contributed by atoms with Crippen LogP contribution in [0.4, 0.5) is 4.79 Å². The van der Waals surface area contributed by atoms with Gasteiger partial charge in [-0.3, -0.25) is 4.79 Å². The summed E-state index contributed by atoms with van der Waals surface area (Å²) in [4.78, 5) is 32.4. The minimum Gasteiger partial charge on any atom is -0.441 e. The van der Waals surface area contributed by atoms with E-state index in [4.69, 9.17) is 9.57 Å². The van der Waals surface area contributed by atoms with E-state index < -0.39 is 29.7 Å². The fourth-order valence-corrected chi connectivity index (χ4v) is 4.10. The number of carbonyl (C=O) groups is 2. The molecule has 2 aliphatic rings. The van der Waals surface area contributed by atoms with E-state index in [-0.39, 0.29) is 0 Å². The first-order valence-corrected chi connectivity index (χ1v) is 10.2. The molecule has 29 heavy (non-hydrogen) atoms. The molecule has 1 fully saturated rings. The number of amides is 2. The maximum atomic E-state index is 13.2. The maximum absolute atomic E-state index is 13.2. The molecule has 0 radical (unpaired) electrons. The van der Waals surface area contributed by atoms with Crippen LogP contribution in [0.2, 0.25) is 0 Å². The van der Waals surface area contributed by atoms with Crippen molar-refractivity contribution in [3.63, 3.8) is 0 Å². The summed E-state index contributed by atoms with van der Waals surface area (Å²) in [5.41, 5.74) is 1.78. The fraction of sp³-hybridized carbons (Fsp3) is 0.318. The molecule has 6 nitrogen and oxygen atoms in total. The van der Waals surface area contributed by atoms with Gasteiger partial charge in [0.2, 0.25) is 6.10 Å². The van der Waals surface area contributed by atoms with E-state index in [0.717, 1.165) is 15.6 Å². The van der Waals surface area contributed by atoms with Gasteiger partial charge in [0.05, 0.1) is 11.8 Å². The molecule has 0 spiro atoms. The Morgan fingerprint density at radius 1 is 1.21 bits per heavy atom. The highest BCUT2D eigenvalue weighted by Gasteiger charge is 2.52. The molecule has 2 heterocycles. The third-order valence-corrected chi connectivity index (χ3v) is 5.77. The molecular weight excluding hydrogens is 436 g/mol. The van der Waals surface area contributed by atoms with Gasteiger partial charge in [-0.15, -0.1) is 0 Å². The lowest BCUT2D eigenvalue weighted by Crippen LogP contribution is -2.49. The van der Waals surface area contributed by atoms with Gasteiger partial charge in [-0.1, -0.05) is 63.6 Å². The summed E-state index contributed by atoms with van der Waals surface area (Å²) in [6.45, 7) is 3.65. The molecule has 2 aromatic carbocycles. The molecule has 0 unspecified atom stereocenters. The molecule has 0 saturated carbocycles. The Hall–Kier alpha value is -2.67. The average Bonchev–Trinajstić information content (AvgIpc) is 3.25. The first kappa shape index (κ1) is 19.6. The Kier molecular flexibility index (Phi) is 5.17. The number of hydrogen-bond donors (Lipinski definition) is 0. The molecule has 150 valence electrons. The lowest BCUT2D eigenvalue weighted by atomic mass is 9.91. The molecular formula is C22H21BrN2O4. The summed E-state index contributed by atoms with van der Waals surface area (Å²) >= 11 is 3.43. The summed E-state index contributed by atoms with van der Waals surface area (Å²) in [5.74, 6) is -0.421. The SMILES string of the molecule is CC1(C)OC(=O)N(C(=O)[C@@H]2CC(c3cccc(Br)c3)=NO2)[C@H]1Cc1ccccc1. The number of hydrogen-bond acceptors (Lipinski definition) is 5. The number of oxime groups is 1. The third-order valence-electron chi connectivity index (χ3n) is 5.27. The van der Waals surface area contributed by atoms with E-state index in [2.05, 4.69) is 21.1 Å². The van der Waals surface area contributed by atoms with Gasteiger partial charge in [-0.05, 0) is 38.0 Å². The number of imide groups is 1. The topological polar surface area (TPSA) is 68.2 Å². The van der Waals surface area contributed by atoms with Crippen LogP contribution in [0.25, 0.3) is 0 Å². The zero-order chi connectivity index (χ0) is 20.6. The van der Waals surface area contributed by atoms with Crippen molar-refractivity contribution in [2.45, 2.75) is 44.4 Å². The number of cyclic esters (lactones) is 1. The van der Waals surface area contributed by atoms with Gasteiger partial charge in [-0.25, -0.2) is 9.69 Å². The van der Waals surface area contributed by atoms with Gasteiger partial charge in [0.25, 0.3) is 5.91 Å². The van der Waals surface area contributed by atoms with Crippen molar-refractivity contribution in [3.8, 4) is 0 Å². The second-order valence-electron chi connectivity index (χ2n) is 7.73. The molecule has 1 saturated heterocycles. The van der Waals surface area contributed by atoms with Crippen molar-refractivity contribution in [1.82, 2.24) is 4.90 Å². The van der Waals surface area contributed by atoms with Crippen LogP contribution < -0.4 is 0 Å². The van der Waals surface area contributed by atoms with Gasteiger partial charge in [0.1, 0.15) is 5.60 Å². The van der Waals surface area contributed by atoms with E-state index >= 15 is 0 Å². The smallest absolute Gasteiger partial charge is 0.417 e. The highest BCUT2D eigenvalue weighted by Crippen LogP contribution is 2.33. The number of ether oxygens (including phenoxy) is 1. The van der Waals surface area contributed by atoms with Crippen molar-refractivity contribution in [2.24, 2.45) is 5.16 Å². The van der Waals surface area contributed by atoms with E-state index in [1.165, 1.54) is 4.90 Å². The Bertz CT molecular complexity index is 974. The zero-order valence-corrected chi connectivity index (χ0v) is 17.8. The molecule has 0 N–H and O–H groups in total. The standard InChI is InChI=1S/C22H21BrN2O4/c1-22(2)19(11-14-7-4-3-5-8-14)25(21(27)28-22)20(26)18-13-17(24-29-18)15-9-6-10-16(23)12-15/h3-10,12,18-19H,11,13H2,1-2H3/t18-,19-/m0/s1. The quantitative estimate of drug-likeness (QED) is 0.687. The summed E-state index contributed by atoms with van der Waals surface area (Å²) in [7, 11) is 0. The van der Waals surface area contributed by atoms with E-state index in [1.54, 1.807) is 0 Å². The van der Waals surface area contributed by atoms with Gasteiger partial charge < -0.3 is 9.57 Å². The molecule has 2 aliphatic heterocycles. The fourth-order valence-electron chi connectivity index (χ4n) is 3.70. The van der Waals surface area contributed by atoms with Crippen LogP contribution in [0.3, 0.4) is 0 Å². The van der Waals surface area contributed by atoms with Gasteiger partial charge >= 0.3 is 6.09 Å². The van der Waals surface area contributed by atoms with Crippen LogP contribution >= 0.6 is 15.9 Å². The Balaban J connectivity index is 1.53. The van der Waals surface area contributed by atoms with Crippen LogP contribution in [0, 0.1) is 0 Å². The number of benzene rings is 2. The number of carbonyl (C=O) groups excluding carboxylic acids is 2. The number of nitrogens with zero attached hydrogens (tertiary/aromatic N) is 2. The highest BCUT2D eigenvalue weighted by molar-refractivity contribution is 9.10. The van der Waals surface area contributed by atoms with Crippen molar-refractivity contribution < 1.29 is 19.2 Å². The molecule has 0 aliphatic carbocycles. The second-order valence-corrected chi connectivity index (χ2v) is 8.65. The maximum Gasteiger partial charge on any atom is 0.417 e. The van der Waals surface area contributed by atoms with Crippen LogP contribution in [0.15, 0.2) is 64.2 Å². The Morgan fingerprint density at radius 3 is 2.69 bits per heavy atom. The van der Waals surface area contributed by atoms with E-state index in [9.17, 15) is 9.59 Å². The predicted molar refractivity (Wildman–Crippen MR) is 112 cm³/mol. The van der Waals surface area contributed by atoms with Gasteiger partial charge in [0, 0.05) is 16.5 Å². The number of rotatable bonds is 4. The van der Waals surface area contributed by atoms with E-state index in [1.807, 2.05) is 68.4 Å². The average molecular weight is 457 g/mol. The summed E-state index contributed by atoms with van der Waals surface area (Å²) in [5, 5.41) is 4.09. The van der Waals surface area contributed by atoms with Crippen LogP contribution in [-0.2, 0) is 20.8 Å². The first-order valence-electron chi connectivity index (χ1n) is 9.44. The minimum absolute atomic E-state index is 0.303. The summed E-state index contributed by atoms with van der Waals surface area (Å²) in [6, 6.07) is 17.0. The van der Waals surface area contributed by atoms with Gasteiger partial charge in [-0.2, -0.15) is 0 Å². The molecule has 4 rings (SSSR count). The van der Waals surface area contributed by atoms with Crippen LogP contribution in [-0.4, -0.2) is 40.4 Å². The largest absolute Gasteiger partial charge is 0.441 e. The van der Waals surface area contributed by atoms with Crippen molar-refractivity contribution >= 4 is 33.6 Å². The van der Waals surface area contributed by atoms with Crippen LogP contribution in [0.5, 0.6) is 0 Å². The van der Waals surface area contributed by atoms with Crippen molar-refractivity contribution in [2.75, 3.05) is 0 Å². The highest BCUT2D eigenvalue weighted by atomic mass is 79.9. The molecule has 2 aromatic rings. The lowest BCUT2D eigenvalue weighted by molar-refractivity contribution is -0.140.